The quantitative estimate of drug-likeness (QED) is 0.335. The predicted octanol–water partition coefficient (Wildman–Crippen LogP) is 5.65. The first kappa shape index (κ1) is 16.4. The number of nitro benzene ring substituents is 2. The normalized spacial score (nSPS) is 10.9. The maximum absolute atomic E-state index is 11.1. The van der Waals surface area contributed by atoms with Gasteiger partial charge in [-0.05, 0) is 23.8 Å². The minimum atomic E-state index is -0.717. The zero-order chi connectivity index (χ0) is 17.8. The molecule has 9 heteroatoms. The van der Waals surface area contributed by atoms with Gasteiger partial charge < -0.3 is 0 Å². The average Bonchev–Trinajstić information content (AvgIpc) is 3.09. The van der Waals surface area contributed by atoms with Gasteiger partial charge >= 0.3 is 5.69 Å². The lowest BCUT2D eigenvalue weighted by Gasteiger charge is -1.96. The van der Waals surface area contributed by atoms with Gasteiger partial charge in [-0.2, -0.15) is 0 Å². The second-order valence-electron chi connectivity index (χ2n) is 4.89. The zero-order valence-corrected chi connectivity index (χ0v) is 13.4. The summed E-state index contributed by atoms with van der Waals surface area (Å²) in [6, 6.07) is 16.6. The first-order chi connectivity index (χ1) is 12.0. The first-order valence-electron chi connectivity index (χ1n) is 7.04. The molecule has 3 rings (SSSR count). The number of nitrogens with zero attached hydrogens (tertiary/aromatic N) is 4. The van der Waals surface area contributed by atoms with E-state index in [0.29, 0.717) is 5.00 Å². The highest BCUT2D eigenvalue weighted by atomic mass is 32.1. The lowest BCUT2D eigenvalue weighted by Crippen LogP contribution is -1.92. The van der Waals surface area contributed by atoms with Crippen LogP contribution in [0.25, 0.3) is 10.4 Å². The third-order valence-corrected chi connectivity index (χ3v) is 4.29. The Hall–Kier alpha value is -3.46. The van der Waals surface area contributed by atoms with Crippen molar-refractivity contribution in [2.24, 2.45) is 10.2 Å². The highest BCUT2D eigenvalue weighted by molar-refractivity contribution is 7.19. The van der Waals surface area contributed by atoms with Gasteiger partial charge in [0.15, 0.2) is 5.69 Å². The number of hydrogen-bond donors (Lipinski definition) is 0. The number of nitro groups is 2. The minimum Gasteiger partial charge on any atom is -0.258 e. The van der Waals surface area contributed by atoms with Gasteiger partial charge in [0, 0.05) is 10.9 Å². The highest BCUT2D eigenvalue weighted by Crippen LogP contribution is 2.36. The van der Waals surface area contributed by atoms with E-state index in [2.05, 4.69) is 10.2 Å². The largest absolute Gasteiger partial charge is 0.303 e. The van der Waals surface area contributed by atoms with Crippen LogP contribution >= 0.6 is 11.3 Å². The van der Waals surface area contributed by atoms with E-state index in [9.17, 15) is 20.2 Å². The molecule has 0 fully saturated rings. The summed E-state index contributed by atoms with van der Waals surface area (Å²) in [6.45, 7) is 0. The number of non-ortho nitro benzene ring substituents is 1. The molecule has 1 aromatic heterocycles. The summed E-state index contributed by atoms with van der Waals surface area (Å²) in [6.07, 6.45) is 0. The molecule has 124 valence electrons. The van der Waals surface area contributed by atoms with Crippen molar-refractivity contribution in [3.05, 3.63) is 80.9 Å². The summed E-state index contributed by atoms with van der Waals surface area (Å²) in [5.41, 5.74) is 0.173. The molecular formula is C16H10N4O4S. The third-order valence-electron chi connectivity index (χ3n) is 3.27. The van der Waals surface area contributed by atoms with Crippen LogP contribution in [0.15, 0.2) is 70.9 Å². The van der Waals surface area contributed by atoms with Crippen LogP contribution in [0.3, 0.4) is 0 Å². The lowest BCUT2D eigenvalue weighted by atomic mass is 10.2. The molecule has 0 unspecified atom stereocenters. The highest BCUT2D eigenvalue weighted by Gasteiger charge is 2.19. The fraction of sp³-hybridized carbons (Fsp3) is 0. The van der Waals surface area contributed by atoms with E-state index < -0.39 is 15.5 Å². The fourth-order valence-corrected chi connectivity index (χ4v) is 2.93. The smallest absolute Gasteiger partial charge is 0.258 e. The van der Waals surface area contributed by atoms with Crippen molar-refractivity contribution >= 4 is 33.4 Å². The molecule has 25 heavy (non-hydrogen) atoms. The van der Waals surface area contributed by atoms with Crippen molar-refractivity contribution in [3.63, 3.8) is 0 Å². The third kappa shape index (κ3) is 3.72. The molecule has 0 aliphatic carbocycles. The van der Waals surface area contributed by atoms with Crippen LogP contribution in [-0.4, -0.2) is 9.85 Å². The van der Waals surface area contributed by atoms with E-state index in [1.165, 1.54) is 17.4 Å². The van der Waals surface area contributed by atoms with Crippen LogP contribution in [0.5, 0.6) is 0 Å². The van der Waals surface area contributed by atoms with Gasteiger partial charge in [-0.15, -0.1) is 21.6 Å². The van der Waals surface area contributed by atoms with Crippen LogP contribution in [-0.2, 0) is 0 Å². The monoisotopic (exact) mass is 354 g/mol. The number of benzene rings is 2. The maximum Gasteiger partial charge on any atom is 0.303 e. The van der Waals surface area contributed by atoms with Crippen LogP contribution in [0, 0.1) is 20.2 Å². The lowest BCUT2D eigenvalue weighted by molar-refractivity contribution is -0.393. The Kier molecular flexibility index (Phi) is 4.57. The van der Waals surface area contributed by atoms with Gasteiger partial charge in [0.05, 0.1) is 15.9 Å². The maximum atomic E-state index is 11.1. The summed E-state index contributed by atoms with van der Waals surface area (Å²) in [5, 5.41) is 30.3. The second-order valence-corrected chi connectivity index (χ2v) is 5.95. The van der Waals surface area contributed by atoms with Crippen molar-refractivity contribution < 1.29 is 9.85 Å². The van der Waals surface area contributed by atoms with Crippen LogP contribution < -0.4 is 0 Å². The van der Waals surface area contributed by atoms with E-state index in [-0.39, 0.29) is 11.4 Å². The molecule has 8 nitrogen and oxygen atoms in total. The molecule has 0 amide bonds. The summed E-state index contributed by atoms with van der Waals surface area (Å²) >= 11 is 1.39. The SMILES string of the molecule is O=[N+]([O-])c1ccc(N=Nc2ccc(-c3ccccc3)s2)c([N+](=O)[O-])c1. The molecule has 0 N–H and O–H groups in total. The number of thiophene rings is 1. The van der Waals surface area contributed by atoms with Gasteiger partial charge in [-0.3, -0.25) is 20.2 Å². The van der Waals surface area contributed by atoms with Crippen LogP contribution in [0.2, 0.25) is 0 Å². The molecule has 0 spiro atoms. The number of azo groups is 1. The topological polar surface area (TPSA) is 111 Å². The minimum absolute atomic E-state index is 0.0368. The standard InChI is InChI=1S/C16H10N4O4S/c21-19(22)12-6-7-13(14(10-12)20(23)24)17-18-16-9-8-15(25-16)11-4-2-1-3-5-11/h1-10H. The molecule has 0 saturated carbocycles. The second kappa shape index (κ2) is 6.97. The fourth-order valence-electron chi connectivity index (χ4n) is 2.10. The van der Waals surface area contributed by atoms with Crippen molar-refractivity contribution in [3.8, 4) is 10.4 Å². The molecule has 0 bridgehead atoms. The molecule has 2 aromatic carbocycles. The number of rotatable bonds is 5. The molecule has 0 aliphatic heterocycles. The van der Waals surface area contributed by atoms with Crippen molar-refractivity contribution in [2.75, 3.05) is 0 Å². The number of hydrogen-bond acceptors (Lipinski definition) is 7. The Bertz CT molecular complexity index is 969. The van der Waals surface area contributed by atoms with E-state index >= 15 is 0 Å². The molecule has 1 heterocycles. The first-order valence-corrected chi connectivity index (χ1v) is 7.86. The van der Waals surface area contributed by atoms with E-state index in [1.54, 1.807) is 6.07 Å². The van der Waals surface area contributed by atoms with Crippen molar-refractivity contribution in [1.29, 1.82) is 0 Å². The molecule has 3 aromatic rings. The van der Waals surface area contributed by atoms with Crippen LogP contribution in [0.1, 0.15) is 0 Å². The molecule has 0 saturated heterocycles. The van der Waals surface area contributed by atoms with Gasteiger partial charge in [0.2, 0.25) is 0 Å². The Morgan fingerprint density at radius 2 is 1.60 bits per heavy atom. The van der Waals surface area contributed by atoms with E-state index in [0.717, 1.165) is 22.6 Å². The molecule has 0 radical (unpaired) electrons. The summed E-state index contributed by atoms with van der Waals surface area (Å²) < 4.78 is 0. The average molecular weight is 354 g/mol. The Balaban J connectivity index is 1.89. The Morgan fingerprint density at radius 3 is 2.28 bits per heavy atom. The van der Waals surface area contributed by atoms with Gasteiger partial charge in [0.1, 0.15) is 5.00 Å². The van der Waals surface area contributed by atoms with E-state index in [1.807, 2.05) is 36.4 Å². The summed E-state index contributed by atoms with van der Waals surface area (Å²) in [7, 11) is 0. The zero-order valence-electron chi connectivity index (χ0n) is 12.6. The van der Waals surface area contributed by atoms with Crippen molar-refractivity contribution in [1.82, 2.24) is 0 Å². The van der Waals surface area contributed by atoms with E-state index in [4.69, 9.17) is 0 Å². The van der Waals surface area contributed by atoms with Gasteiger partial charge in [-0.25, -0.2) is 0 Å². The van der Waals surface area contributed by atoms with Gasteiger partial charge in [0.25, 0.3) is 5.69 Å². The molecule has 0 aliphatic rings. The predicted molar refractivity (Wildman–Crippen MR) is 93.7 cm³/mol. The van der Waals surface area contributed by atoms with Crippen molar-refractivity contribution in [2.45, 2.75) is 0 Å². The van der Waals surface area contributed by atoms with Crippen LogP contribution in [0.4, 0.5) is 22.1 Å². The Morgan fingerprint density at radius 1 is 0.840 bits per heavy atom. The van der Waals surface area contributed by atoms with Gasteiger partial charge in [-0.1, -0.05) is 30.3 Å². The summed E-state index contributed by atoms with van der Waals surface area (Å²) in [4.78, 5) is 21.4. The molecule has 0 atom stereocenters. The Labute approximate surface area is 145 Å². The molecular weight excluding hydrogens is 344 g/mol. The summed E-state index contributed by atoms with van der Waals surface area (Å²) in [5.74, 6) is 0.